The quantitative estimate of drug-likeness (QED) is 0.667. The van der Waals surface area contributed by atoms with Crippen molar-refractivity contribution in [2.75, 3.05) is 27.9 Å². The van der Waals surface area contributed by atoms with E-state index in [1.165, 1.54) is 21.3 Å². The van der Waals surface area contributed by atoms with E-state index < -0.39 is 17.5 Å². The van der Waals surface area contributed by atoms with E-state index in [1.807, 2.05) is 0 Å². The third-order valence-corrected chi connectivity index (χ3v) is 5.47. The number of benzene rings is 1. The molecule has 0 aromatic heterocycles. The molecule has 1 aliphatic heterocycles. The molecular formula is C20H27N3O6. The maximum atomic E-state index is 12.8. The first-order valence-electron chi connectivity index (χ1n) is 9.64. The first-order valence-corrected chi connectivity index (χ1v) is 9.64. The molecule has 9 heteroatoms. The van der Waals surface area contributed by atoms with Gasteiger partial charge >= 0.3 is 6.03 Å². The lowest BCUT2D eigenvalue weighted by Crippen LogP contribution is -2.49. The van der Waals surface area contributed by atoms with Gasteiger partial charge in [-0.2, -0.15) is 0 Å². The summed E-state index contributed by atoms with van der Waals surface area (Å²) in [6, 6.07) is 2.96. The Hall–Kier alpha value is -2.97. The maximum Gasteiger partial charge on any atom is 0.325 e. The summed E-state index contributed by atoms with van der Waals surface area (Å²) in [5.41, 5.74) is -0.0967. The number of carbonyl (C=O) groups excluding carboxylic acids is 3. The van der Waals surface area contributed by atoms with Crippen molar-refractivity contribution in [3.05, 3.63) is 17.7 Å². The number of imide groups is 1. The zero-order chi connectivity index (χ0) is 21.0. The summed E-state index contributed by atoms with van der Waals surface area (Å²) in [4.78, 5) is 38.4. The molecule has 2 N–H and O–H groups in total. The highest BCUT2D eigenvalue weighted by Crippen LogP contribution is 2.38. The molecule has 0 bridgehead atoms. The fourth-order valence-electron chi connectivity index (χ4n) is 3.95. The van der Waals surface area contributed by atoms with E-state index in [0.717, 1.165) is 29.7 Å². The normalized spacial score (nSPS) is 17.8. The summed E-state index contributed by atoms with van der Waals surface area (Å²) < 4.78 is 15.9. The molecule has 0 unspecified atom stereocenters. The van der Waals surface area contributed by atoms with Crippen molar-refractivity contribution in [3.8, 4) is 17.2 Å². The summed E-state index contributed by atoms with van der Waals surface area (Å²) in [5.74, 6) is 0.691. The number of nitrogens with one attached hydrogen (secondary N) is 2. The third kappa shape index (κ3) is 4.08. The Bertz CT molecular complexity index is 778. The molecule has 1 aromatic carbocycles. The van der Waals surface area contributed by atoms with Crippen molar-refractivity contribution in [2.24, 2.45) is 0 Å². The van der Waals surface area contributed by atoms with Crippen LogP contribution < -0.4 is 24.8 Å². The van der Waals surface area contributed by atoms with Crippen LogP contribution >= 0.6 is 0 Å². The van der Waals surface area contributed by atoms with Gasteiger partial charge in [-0.3, -0.25) is 14.5 Å². The maximum absolute atomic E-state index is 12.8. The van der Waals surface area contributed by atoms with Crippen LogP contribution in [0.25, 0.3) is 0 Å². The average molecular weight is 405 g/mol. The Balaban J connectivity index is 1.63. The van der Waals surface area contributed by atoms with Crippen LogP contribution in [0.2, 0.25) is 0 Å². The number of methoxy groups -OCH3 is 3. The van der Waals surface area contributed by atoms with Crippen LogP contribution in [0.5, 0.6) is 17.2 Å². The lowest BCUT2D eigenvalue weighted by molar-refractivity contribution is -0.135. The van der Waals surface area contributed by atoms with Crippen LogP contribution in [-0.2, 0) is 16.1 Å². The van der Waals surface area contributed by atoms with Gasteiger partial charge in [0, 0.05) is 6.54 Å². The molecular weight excluding hydrogens is 378 g/mol. The Morgan fingerprint density at radius 3 is 2.24 bits per heavy atom. The molecule has 0 atom stereocenters. The predicted molar refractivity (Wildman–Crippen MR) is 104 cm³/mol. The lowest BCUT2D eigenvalue weighted by atomic mass is 9.82. The number of urea groups is 1. The van der Waals surface area contributed by atoms with E-state index >= 15 is 0 Å². The smallest absolute Gasteiger partial charge is 0.325 e. The second-order valence-electron chi connectivity index (χ2n) is 7.27. The molecule has 1 saturated carbocycles. The van der Waals surface area contributed by atoms with Gasteiger partial charge in [-0.25, -0.2) is 4.79 Å². The molecule has 3 rings (SSSR count). The van der Waals surface area contributed by atoms with Crippen molar-refractivity contribution in [1.29, 1.82) is 0 Å². The van der Waals surface area contributed by atoms with Gasteiger partial charge in [0.1, 0.15) is 12.1 Å². The van der Waals surface area contributed by atoms with E-state index in [2.05, 4.69) is 10.6 Å². The Morgan fingerprint density at radius 1 is 1.07 bits per heavy atom. The van der Waals surface area contributed by atoms with Gasteiger partial charge in [-0.05, 0) is 30.5 Å². The van der Waals surface area contributed by atoms with Crippen LogP contribution in [0.4, 0.5) is 4.79 Å². The number of hydrogen-bond donors (Lipinski definition) is 2. The van der Waals surface area contributed by atoms with Crippen molar-refractivity contribution < 1.29 is 28.6 Å². The molecule has 9 nitrogen and oxygen atoms in total. The van der Waals surface area contributed by atoms with Crippen LogP contribution in [0, 0.1) is 0 Å². The molecule has 1 spiro atoms. The van der Waals surface area contributed by atoms with E-state index in [4.69, 9.17) is 14.2 Å². The summed E-state index contributed by atoms with van der Waals surface area (Å²) in [7, 11) is 4.54. The van der Waals surface area contributed by atoms with Crippen LogP contribution in [0.1, 0.15) is 37.7 Å². The summed E-state index contributed by atoms with van der Waals surface area (Å²) in [5, 5.41) is 5.54. The van der Waals surface area contributed by atoms with Gasteiger partial charge < -0.3 is 24.8 Å². The number of hydrogen-bond acceptors (Lipinski definition) is 6. The second kappa shape index (κ2) is 8.59. The number of ether oxygens (including phenoxy) is 3. The topological polar surface area (TPSA) is 106 Å². The van der Waals surface area contributed by atoms with Crippen molar-refractivity contribution in [1.82, 2.24) is 15.5 Å². The average Bonchev–Trinajstić information content (AvgIpc) is 2.95. The lowest BCUT2D eigenvalue weighted by Gasteiger charge is -2.30. The largest absolute Gasteiger partial charge is 0.493 e. The van der Waals surface area contributed by atoms with Gasteiger partial charge in [0.2, 0.25) is 11.7 Å². The first kappa shape index (κ1) is 20.8. The van der Waals surface area contributed by atoms with Crippen LogP contribution in [0.3, 0.4) is 0 Å². The minimum absolute atomic E-state index is 0.185. The van der Waals surface area contributed by atoms with Crippen molar-refractivity contribution in [2.45, 2.75) is 44.2 Å². The minimum Gasteiger partial charge on any atom is -0.493 e. The van der Waals surface area contributed by atoms with Crippen molar-refractivity contribution >= 4 is 17.8 Å². The second-order valence-corrected chi connectivity index (χ2v) is 7.27. The van der Waals surface area contributed by atoms with E-state index in [1.54, 1.807) is 12.1 Å². The van der Waals surface area contributed by atoms with Crippen LogP contribution in [-0.4, -0.2) is 56.2 Å². The molecule has 29 heavy (non-hydrogen) atoms. The molecule has 158 valence electrons. The van der Waals surface area contributed by atoms with Gasteiger partial charge in [0.15, 0.2) is 11.5 Å². The van der Waals surface area contributed by atoms with Gasteiger partial charge in [-0.1, -0.05) is 19.3 Å². The van der Waals surface area contributed by atoms with Gasteiger partial charge in [0.25, 0.3) is 5.91 Å². The minimum atomic E-state index is -0.827. The summed E-state index contributed by atoms with van der Waals surface area (Å²) >= 11 is 0. The standard InChI is InChI=1S/C20H27N3O6/c1-27-14-9-13(10-15(28-2)17(14)29-3)11-21-16(24)12-23-18(25)20(22-19(23)26)7-5-4-6-8-20/h9-10H,4-8,11-12H2,1-3H3,(H,21,24)(H,22,26). The summed E-state index contributed by atoms with van der Waals surface area (Å²) in [6.07, 6.45) is 4.10. The molecule has 1 aromatic rings. The predicted octanol–water partition coefficient (Wildman–Crippen LogP) is 1.58. The monoisotopic (exact) mass is 405 g/mol. The van der Waals surface area contributed by atoms with E-state index in [-0.39, 0.29) is 19.0 Å². The molecule has 1 aliphatic carbocycles. The number of nitrogens with zero attached hydrogens (tertiary/aromatic N) is 1. The molecule has 2 fully saturated rings. The SMILES string of the molecule is COc1cc(CNC(=O)CN2C(=O)NC3(CCCCC3)C2=O)cc(OC)c1OC. The highest BCUT2D eigenvalue weighted by molar-refractivity contribution is 6.09. The highest BCUT2D eigenvalue weighted by atomic mass is 16.5. The molecule has 1 saturated heterocycles. The fraction of sp³-hybridized carbons (Fsp3) is 0.550. The Kier molecular flexibility index (Phi) is 6.14. The Labute approximate surface area is 169 Å². The number of carbonyl (C=O) groups is 3. The van der Waals surface area contributed by atoms with Crippen molar-refractivity contribution in [3.63, 3.8) is 0 Å². The van der Waals surface area contributed by atoms with Gasteiger partial charge in [0.05, 0.1) is 21.3 Å². The van der Waals surface area contributed by atoms with Gasteiger partial charge in [-0.15, -0.1) is 0 Å². The zero-order valence-electron chi connectivity index (χ0n) is 17.0. The molecule has 1 heterocycles. The van der Waals surface area contributed by atoms with Crippen LogP contribution in [0.15, 0.2) is 12.1 Å². The highest BCUT2D eigenvalue weighted by Gasteiger charge is 2.51. The molecule has 2 aliphatic rings. The number of amides is 4. The number of rotatable bonds is 7. The molecule has 4 amide bonds. The molecule has 0 radical (unpaired) electrons. The zero-order valence-corrected chi connectivity index (χ0v) is 17.0. The van der Waals surface area contributed by atoms with E-state index in [0.29, 0.717) is 30.1 Å². The van der Waals surface area contributed by atoms with E-state index in [9.17, 15) is 14.4 Å². The first-order chi connectivity index (χ1) is 13.9. The Morgan fingerprint density at radius 2 is 1.69 bits per heavy atom. The summed E-state index contributed by atoms with van der Waals surface area (Å²) in [6.45, 7) is -0.124. The fourth-order valence-corrected chi connectivity index (χ4v) is 3.95. The third-order valence-electron chi connectivity index (χ3n) is 5.47.